The number of sulfonamides is 1. The van der Waals surface area contributed by atoms with Gasteiger partial charge in [-0.3, -0.25) is 0 Å². The fourth-order valence-corrected chi connectivity index (χ4v) is 2.64. The molecule has 1 rings (SSSR count). The Balaban J connectivity index is 2.93. The summed E-state index contributed by atoms with van der Waals surface area (Å²) in [6, 6.07) is 0. The van der Waals surface area contributed by atoms with Gasteiger partial charge in [0.25, 0.3) is 10.0 Å². The second kappa shape index (κ2) is 4.51. The quantitative estimate of drug-likeness (QED) is 0.739. The molecule has 7 heteroatoms. The van der Waals surface area contributed by atoms with Crippen LogP contribution < -0.4 is 0 Å². The Morgan fingerprint density at radius 1 is 1.67 bits per heavy atom. The van der Waals surface area contributed by atoms with Gasteiger partial charge in [0.15, 0.2) is 5.03 Å². The zero-order valence-electron chi connectivity index (χ0n) is 8.88. The van der Waals surface area contributed by atoms with Crippen molar-refractivity contribution in [3.8, 4) is 0 Å². The Bertz CT molecular complexity index is 427. The molecule has 15 heavy (non-hydrogen) atoms. The van der Waals surface area contributed by atoms with Crippen molar-refractivity contribution in [3.05, 3.63) is 12.5 Å². The van der Waals surface area contributed by atoms with Crippen molar-refractivity contribution < 1.29 is 8.42 Å². The molecule has 5 nitrogen and oxygen atoms in total. The van der Waals surface area contributed by atoms with E-state index in [0.717, 1.165) is 0 Å². The molecule has 0 aliphatic heterocycles. The van der Waals surface area contributed by atoms with E-state index in [0.29, 0.717) is 0 Å². The van der Waals surface area contributed by atoms with E-state index in [9.17, 15) is 8.42 Å². The van der Waals surface area contributed by atoms with Gasteiger partial charge in [-0.25, -0.2) is 13.4 Å². The van der Waals surface area contributed by atoms with Crippen molar-refractivity contribution in [2.45, 2.75) is 17.3 Å². The maximum atomic E-state index is 11.9. The van der Waals surface area contributed by atoms with Crippen LogP contribution in [0.3, 0.4) is 0 Å². The van der Waals surface area contributed by atoms with Crippen molar-refractivity contribution in [3.63, 3.8) is 0 Å². The molecule has 1 atom stereocenters. The second-order valence-corrected chi connectivity index (χ2v) is 6.18. The summed E-state index contributed by atoms with van der Waals surface area (Å²) in [5.74, 6) is 0. The van der Waals surface area contributed by atoms with Gasteiger partial charge in [-0.1, -0.05) is 0 Å². The average molecular weight is 252 g/mol. The van der Waals surface area contributed by atoms with Crippen LogP contribution in [0.15, 0.2) is 17.6 Å². The third kappa shape index (κ3) is 2.93. The predicted molar refractivity (Wildman–Crippen MR) is 58.3 cm³/mol. The summed E-state index contributed by atoms with van der Waals surface area (Å²) < 4.78 is 26.5. The molecule has 0 aliphatic rings. The first-order chi connectivity index (χ1) is 6.84. The van der Waals surface area contributed by atoms with E-state index in [4.69, 9.17) is 11.6 Å². The highest BCUT2D eigenvalue weighted by Gasteiger charge is 2.23. The predicted octanol–water partition coefficient (Wildman–Crippen LogP) is 0.668. The standard InChI is InChI=1S/C8H14ClN3O2S/c1-7(9)4-12(3)15(13,14)8-5-11(2)6-10-8/h5-7H,4H2,1-3H3. The van der Waals surface area contributed by atoms with Crippen LogP contribution >= 0.6 is 11.6 Å². The Hall–Kier alpha value is -0.590. The van der Waals surface area contributed by atoms with E-state index in [-0.39, 0.29) is 16.9 Å². The molecular weight excluding hydrogens is 238 g/mol. The molecule has 0 fully saturated rings. The Kier molecular flexibility index (Phi) is 3.75. The topological polar surface area (TPSA) is 55.2 Å². The zero-order valence-corrected chi connectivity index (χ0v) is 10.5. The van der Waals surface area contributed by atoms with Crippen LogP contribution in [-0.2, 0) is 17.1 Å². The zero-order chi connectivity index (χ0) is 11.6. The van der Waals surface area contributed by atoms with Gasteiger partial charge in [0.05, 0.1) is 6.33 Å². The normalized spacial score (nSPS) is 14.5. The van der Waals surface area contributed by atoms with Crippen molar-refractivity contribution >= 4 is 21.6 Å². The fourth-order valence-electron chi connectivity index (χ4n) is 1.13. The molecule has 0 N–H and O–H groups in total. The van der Waals surface area contributed by atoms with Gasteiger partial charge < -0.3 is 4.57 Å². The summed E-state index contributed by atoms with van der Waals surface area (Å²) in [5.41, 5.74) is 0. The van der Waals surface area contributed by atoms with Crippen LogP contribution in [0.1, 0.15) is 6.92 Å². The Morgan fingerprint density at radius 3 is 2.67 bits per heavy atom. The molecule has 0 saturated heterocycles. The number of nitrogens with zero attached hydrogens (tertiary/aromatic N) is 3. The second-order valence-electron chi connectivity index (χ2n) is 3.44. The van der Waals surface area contributed by atoms with Gasteiger partial charge in [-0.05, 0) is 6.92 Å². The van der Waals surface area contributed by atoms with E-state index in [2.05, 4.69) is 4.98 Å². The number of hydrogen-bond donors (Lipinski definition) is 0. The van der Waals surface area contributed by atoms with E-state index < -0.39 is 10.0 Å². The number of imidazole rings is 1. The molecule has 0 aromatic carbocycles. The summed E-state index contributed by atoms with van der Waals surface area (Å²) in [6.45, 7) is 2.01. The molecule has 0 spiro atoms. The Morgan fingerprint density at radius 2 is 2.27 bits per heavy atom. The van der Waals surface area contributed by atoms with Crippen molar-refractivity contribution in [2.24, 2.45) is 7.05 Å². The van der Waals surface area contributed by atoms with Gasteiger partial charge in [0, 0.05) is 32.2 Å². The van der Waals surface area contributed by atoms with Gasteiger partial charge in [-0.15, -0.1) is 11.6 Å². The number of rotatable bonds is 4. The van der Waals surface area contributed by atoms with Gasteiger partial charge in [0.2, 0.25) is 0 Å². The third-order valence-corrected chi connectivity index (χ3v) is 3.71. The van der Waals surface area contributed by atoms with Crippen LogP contribution in [0.25, 0.3) is 0 Å². The SMILES string of the molecule is CC(Cl)CN(C)S(=O)(=O)c1cn(C)cn1. The molecule has 1 aromatic heterocycles. The summed E-state index contributed by atoms with van der Waals surface area (Å²) in [4.78, 5) is 3.81. The summed E-state index contributed by atoms with van der Waals surface area (Å²) >= 11 is 5.74. The lowest BCUT2D eigenvalue weighted by molar-refractivity contribution is 0.468. The van der Waals surface area contributed by atoms with Crippen LogP contribution in [0, 0.1) is 0 Å². The molecule has 1 aromatic rings. The lowest BCUT2D eigenvalue weighted by Crippen LogP contribution is -2.31. The summed E-state index contributed by atoms with van der Waals surface area (Å²) in [7, 11) is -0.289. The van der Waals surface area contributed by atoms with Gasteiger partial charge in [-0.2, -0.15) is 4.31 Å². The van der Waals surface area contributed by atoms with Crippen molar-refractivity contribution in [1.82, 2.24) is 13.9 Å². The smallest absolute Gasteiger partial charge is 0.261 e. The highest BCUT2D eigenvalue weighted by molar-refractivity contribution is 7.89. The maximum Gasteiger partial charge on any atom is 0.261 e. The first-order valence-corrected chi connectivity index (χ1v) is 6.30. The minimum Gasteiger partial charge on any atom is -0.339 e. The molecule has 0 amide bonds. The molecular formula is C8H14ClN3O2S. The number of hydrogen-bond acceptors (Lipinski definition) is 3. The molecule has 0 aliphatic carbocycles. The first kappa shape index (κ1) is 12.5. The summed E-state index contributed by atoms with van der Waals surface area (Å²) in [5, 5.41) is -0.182. The number of aromatic nitrogens is 2. The average Bonchev–Trinajstić information content (AvgIpc) is 2.50. The Labute approximate surface area is 94.7 Å². The van der Waals surface area contributed by atoms with Crippen molar-refractivity contribution in [1.29, 1.82) is 0 Å². The lowest BCUT2D eigenvalue weighted by Gasteiger charge is -2.16. The molecule has 86 valence electrons. The monoisotopic (exact) mass is 251 g/mol. The summed E-state index contributed by atoms with van der Waals surface area (Å²) in [6.07, 6.45) is 2.91. The highest BCUT2D eigenvalue weighted by Crippen LogP contribution is 2.12. The van der Waals surface area contributed by atoms with Gasteiger partial charge >= 0.3 is 0 Å². The fraction of sp³-hybridized carbons (Fsp3) is 0.625. The molecule has 1 heterocycles. The lowest BCUT2D eigenvalue weighted by atomic mass is 10.5. The van der Waals surface area contributed by atoms with Crippen molar-refractivity contribution in [2.75, 3.05) is 13.6 Å². The molecule has 0 bridgehead atoms. The van der Waals surface area contributed by atoms with Gasteiger partial charge in [0.1, 0.15) is 0 Å². The highest BCUT2D eigenvalue weighted by atomic mass is 35.5. The van der Waals surface area contributed by atoms with E-state index in [1.54, 1.807) is 18.5 Å². The van der Waals surface area contributed by atoms with E-state index in [1.807, 2.05) is 0 Å². The molecule has 0 saturated carbocycles. The molecule has 1 unspecified atom stereocenters. The van der Waals surface area contributed by atoms with E-state index >= 15 is 0 Å². The minimum atomic E-state index is -3.50. The largest absolute Gasteiger partial charge is 0.339 e. The number of alkyl halides is 1. The van der Waals surface area contributed by atoms with Crippen LogP contribution in [-0.4, -0.2) is 41.2 Å². The van der Waals surface area contributed by atoms with Crippen LogP contribution in [0.5, 0.6) is 0 Å². The molecule has 0 radical (unpaired) electrons. The first-order valence-electron chi connectivity index (χ1n) is 4.42. The van der Waals surface area contributed by atoms with Crippen LogP contribution in [0.2, 0.25) is 0 Å². The maximum absolute atomic E-state index is 11.9. The minimum absolute atomic E-state index is 0.0461. The van der Waals surface area contributed by atoms with Crippen LogP contribution in [0.4, 0.5) is 0 Å². The third-order valence-electron chi connectivity index (χ3n) is 1.86. The number of aryl methyl sites for hydroxylation is 1. The number of halogens is 1. The van der Waals surface area contributed by atoms with E-state index in [1.165, 1.54) is 23.9 Å².